The van der Waals surface area contributed by atoms with E-state index in [2.05, 4.69) is 34.3 Å². The summed E-state index contributed by atoms with van der Waals surface area (Å²) in [5, 5.41) is 4.34. The zero-order valence-corrected chi connectivity index (χ0v) is 19.4. The number of aromatic nitrogens is 2. The number of piperidine rings is 1. The van der Waals surface area contributed by atoms with Crippen LogP contribution in [0.1, 0.15) is 47.4 Å². The van der Waals surface area contributed by atoms with E-state index in [1.165, 1.54) is 5.56 Å². The van der Waals surface area contributed by atoms with Crippen LogP contribution in [0.3, 0.4) is 0 Å². The fourth-order valence-corrected chi connectivity index (χ4v) is 4.79. The van der Waals surface area contributed by atoms with Crippen molar-refractivity contribution in [1.29, 1.82) is 0 Å². The number of hydrogen-bond acceptors (Lipinski definition) is 4. The number of hydrogen-bond donors (Lipinski definition) is 0. The Morgan fingerprint density at radius 2 is 1.78 bits per heavy atom. The molecule has 1 atom stereocenters. The number of likely N-dealkylation sites (tertiary alicyclic amines) is 1. The summed E-state index contributed by atoms with van der Waals surface area (Å²) in [5.41, 5.74) is 2.83. The van der Waals surface area contributed by atoms with Crippen molar-refractivity contribution in [1.82, 2.24) is 24.5 Å². The second-order valence-corrected chi connectivity index (χ2v) is 9.24. The third-order valence-corrected chi connectivity index (χ3v) is 6.88. The maximum absolute atomic E-state index is 12.8. The number of carbonyl (C=O) groups excluding carboxylic acids is 2. The van der Waals surface area contributed by atoms with Crippen LogP contribution in [0, 0.1) is 12.8 Å². The minimum Gasteiger partial charge on any atom is -0.340 e. The fourth-order valence-electron chi connectivity index (χ4n) is 4.79. The van der Waals surface area contributed by atoms with E-state index < -0.39 is 0 Å². The van der Waals surface area contributed by atoms with Crippen LogP contribution < -0.4 is 0 Å². The lowest BCUT2D eigenvalue weighted by Gasteiger charge is -2.36. The first-order valence-electron chi connectivity index (χ1n) is 11.8. The Balaban J connectivity index is 1.20. The van der Waals surface area contributed by atoms with Crippen molar-refractivity contribution in [3.8, 4) is 0 Å². The first-order valence-corrected chi connectivity index (χ1v) is 11.8. The molecule has 2 fully saturated rings. The molecule has 2 aromatic rings. The van der Waals surface area contributed by atoms with Gasteiger partial charge in [-0.2, -0.15) is 5.10 Å². The van der Waals surface area contributed by atoms with Gasteiger partial charge in [-0.25, -0.2) is 0 Å². The minimum absolute atomic E-state index is 0.0132. The van der Waals surface area contributed by atoms with E-state index in [1.54, 1.807) is 4.68 Å². The van der Waals surface area contributed by atoms with Crippen LogP contribution in [0.5, 0.6) is 0 Å². The van der Waals surface area contributed by atoms with Crippen molar-refractivity contribution in [2.24, 2.45) is 13.0 Å². The van der Waals surface area contributed by atoms with Crippen LogP contribution in [0.2, 0.25) is 0 Å². The molecule has 3 heterocycles. The molecule has 1 aromatic heterocycles. The highest BCUT2D eigenvalue weighted by molar-refractivity contribution is 5.92. The minimum atomic E-state index is 0.0132. The van der Waals surface area contributed by atoms with Gasteiger partial charge in [0.1, 0.15) is 0 Å². The molecule has 0 aliphatic carbocycles. The highest BCUT2D eigenvalue weighted by Crippen LogP contribution is 2.23. The van der Waals surface area contributed by atoms with Gasteiger partial charge in [-0.05, 0) is 43.7 Å². The Kier molecular flexibility index (Phi) is 7.25. The summed E-state index contributed by atoms with van der Waals surface area (Å²) in [7, 11) is 1.86. The van der Waals surface area contributed by atoms with Crippen molar-refractivity contribution in [2.75, 3.05) is 39.3 Å². The number of aryl methyl sites for hydroxylation is 2. The SMILES string of the molecule is Cc1cc(C(=O)N2CCC[C@H](CCC(=O)N3CCN(Cc4ccccc4)CC3)C2)nn1C. The zero-order valence-electron chi connectivity index (χ0n) is 19.4. The molecule has 0 unspecified atom stereocenters. The van der Waals surface area contributed by atoms with Gasteiger partial charge in [0.25, 0.3) is 5.91 Å². The van der Waals surface area contributed by atoms with Crippen LogP contribution >= 0.6 is 0 Å². The van der Waals surface area contributed by atoms with Gasteiger partial charge in [0.15, 0.2) is 5.69 Å². The van der Waals surface area contributed by atoms with E-state index in [9.17, 15) is 9.59 Å². The van der Waals surface area contributed by atoms with Crippen molar-refractivity contribution in [3.05, 3.63) is 53.3 Å². The summed E-state index contributed by atoms with van der Waals surface area (Å²) in [6.07, 6.45) is 3.51. The molecule has 7 nitrogen and oxygen atoms in total. The zero-order chi connectivity index (χ0) is 22.5. The third kappa shape index (κ3) is 5.57. The lowest BCUT2D eigenvalue weighted by Crippen LogP contribution is -2.48. The van der Waals surface area contributed by atoms with Gasteiger partial charge in [0, 0.05) is 65.0 Å². The van der Waals surface area contributed by atoms with E-state index >= 15 is 0 Å². The Morgan fingerprint density at radius 1 is 1.03 bits per heavy atom. The number of carbonyl (C=O) groups is 2. The van der Waals surface area contributed by atoms with Crippen molar-refractivity contribution < 1.29 is 9.59 Å². The largest absolute Gasteiger partial charge is 0.340 e. The molecule has 2 saturated heterocycles. The van der Waals surface area contributed by atoms with Gasteiger partial charge in [0.2, 0.25) is 5.91 Å². The van der Waals surface area contributed by atoms with E-state index in [1.807, 2.05) is 35.9 Å². The Hall–Kier alpha value is -2.67. The van der Waals surface area contributed by atoms with Gasteiger partial charge in [-0.1, -0.05) is 30.3 Å². The van der Waals surface area contributed by atoms with Gasteiger partial charge < -0.3 is 9.80 Å². The highest BCUT2D eigenvalue weighted by atomic mass is 16.2. The average Bonchev–Trinajstić information content (AvgIpc) is 3.16. The lowest BCUT2D eigenvalue weighted by molar-refractivity contribution is -0.133. The normalized spacial score (nSPS) is 19.9. The second kappa shape index (κ2) is 10.3. The van der Waals surface area contributed by atoms with Crippen LogP contribution in [-0.4, -0.2) is 75.6 Å². The number of amides is 2. The molecule has 2 amide bonds. The molecule has 0 radical (unpaired) electrons. The van der Waals surface area contributed by atoms with Gasteiger partial charge in [0.05, 0.1) is 0 Å². The maximum atomic E-state index is 12.8. The molecule has 2 aliphatic heterocycles. The Labute approximate surface area is 191 Å². The quantitative estimate of drug-likeness (QED) is 0.697. The Bertz CT molecular complexity index is 898. The Morgan fingerprint density at radius 3 is 2.47 bits per heavy atom. The highest BCUT2D eigenvalue weighted by Gasteiger charge is 2.27. The molecule has 0 saturated carbocycles. The van der Waals surface area contributed by atoms with Crippen LogP contribution in [-0.2, 0) is 18.4 Å². The van der Waals surface area contributed by atoms with E-state index in [-0.39, 0.29) is 11.8 Å². The molecule has 0 bridgehead atoms. The van der Waals surface area contributed by atoms with E-state index in [0.717, 1.165) is 70.8 Å². The van der Waals surface area contributed by atoms with Gasteiger partial charge in [-0.3, -0.25) is 19.2 Å². The molecule has 172 valence electrons. The second-order valence-electron chi connectivity index (χ2n) is 9.24. The monoisotopic (exact) mass is 437 g/mol. The molecule has 1 aromatic carbocycles. The lowest BCUT2D eigenvalue weighted by atomic mass is 9.93. The van der Waals surface area contributed by atoms with Crippen molar-refractivity contribution in [2.45, 2.75) is 39.2 Å². The summed E-state index contributed by atoms with van der Waals surface area (Å²) in [6, 6.07) is 12.4. The van der Waals surface area contributed by atoms with Crippen LogP contribution in [0.4, 0.5) is 0 Å². The average molecular weight is 438 g/mol. The number of rotatable bonds is 6. The van der Waals surface area contributed by atoms with Gasteiger partial charge >= 0.3 is 0 Å². The number of nitrogens with zero attached hydrogens (tertiary/aromatic N) is 5. The molecule has 32 heavy (non-hydrogen) atoms. The molecule has 4 rings (SSSR count). The van der Waals surface area contributed by atoms with E-state index in [0.29, 0.717) is 18.0 Å². The number of piperazine rings is 1. The predicted octanol–water partition coefficient (Wildman–Crippen LogP) is 2.71. The fraction of sp³-hybridized carbons (Fsp3) is 0.560. The topological polar surface area (TPSA) is 61.7 Å². The first-order chi connectivity index (χ1) is 15.5. The van der Waals surface area contributed by atoms with Crippen molar-refractivity contribution >= 4 is 11.8 Å². The summed E-state index contributed by atoms with van der Waals surface area (Å²) < 4.78 is 1.74. The summed E-state index contributed by atoms with van der Waals surface area (Å²) in [4.78, 5) is 32.0. The predicted molar refractivity (Wildman–Crippen MR) is 124 cm³/mol. The third-order valence-electron chi connectivity index (χ3n) is 6.88. The molecule has 2 aliphatic rings. The molecular weight excluding hydrogens is 402 g/mol. The molecule has 7 heteroatoms. The van der Waals surface area contributed by atoms with Gasteiger partial charge in [-0.15, -0.1) is 0 Å². The van der Waals surface area contributed by atoms with Crippen LogP contribution in [0.15, 0.2) is 36.4 Å². The maximum Gasteiger partial charge on any atom is 0.274 e. The summed E-state index contributed by atoms with van der Waals surface area (Å²) >= 11 is 0. The molecule has 0 spiro atoms. The van der Waals surface area contributed by atoms with Crippen LogP contribution in [0.25, 0.3) is 0 Å². The smallest absolute Gasteiger partial charge is 0.274 e. The summed E-state index contributed by atoms with van der Waals surface area (Å²) in [5.74, 6) is 0.660. The molecular formula is C25H35N5O2. The standard InChI is InChI=1S/C25H35N5O2/c1-20-17-23(26-27(20)2)25(32)30-12-6-9-22(19-30)10-11-24(31)29-15-13-28(14-16-29)18-21-7-4-3-5-8-21/h3-5,7-8,17,22H,6,9-16,18-19H2,1-2H3/t22-/m1/s1. The van der Waals surface area contributed by atoms with Crippen molar-refractivity contribution in [3.63, 3.8) is 0 Å². The number of benzene rings is 1. The first kappa shape index (κ1) is 22.5. The van der Waals surface area contributed by atoms with E-state index in [4.69, 9.17) is 0 Å². The summed E-state index contributed by atoms with van der Waals surface area (Å²) in [6.45, 7) is 7.88. The molecule has 0 N–H and O–H groups in total.